The molecule has 3 heterocycles. The molecule has 1 aromatic carbocycles. The summed E-state index contributed by atoms with van der Waals surface area (Å²) in [7, 11) is 0. The van der Waals surface area contributed by atoms with Crippen LogP contribution in [0.4, 0.5) is 0 Å². The van der Waals surface area contributed by atoms with Gasteiger partial charge in [-0.3, -0.25) is 9.78 Å². The quantitative estimate of drug-likeness (QED) is 0.438. The average molecular weight is 413 g/mol. The van der Waals surface area contributed by atoms with Crippen molar-refractivity contribution < 1.29 is 14.1 Å². The third-order valence-electron chi connectivity index (χ3n) is 3.71. The molecule has 0 amide bonds. The molecule has 0 radical (unpaired) electrons. The first-order valence-electron chi connectivity index (χ1n) is 8.26. The second kappa shape index (κ2) is 8.28. The number of hydrogen-bond donors (Lipinski definition) is 0. The van der Waals surface area contributed by atoms with Gasteiger partial charge in [0.15, 0.2) is 6.61 Å². The fraction of sp³-hybridized carbons (Fsp3) is 0.105. The van der Waals surface area contributed by atoms with E-state index in [0.29, 0.717) is 16.5 Å². The van der Waals surface area contributed by atoms with Gasteiger partial charge in [-0.15, -0.1) is 11.3 Å². The number of esters is 1. The zero-order chi connectivity index (χ0) is 19.3. The molecule has 0 saturated heterocycles. The molecule has 0 bridgehead atoms. The molecule has 0 fully saturated rings. The van der Waals surface area contributed by atoms with Crippen molar-refractivity contribution in [2.24, 2.45) is 0 Å². The Bertz CT molecular complexity index is 1080. The lowest BCUT2D eigenvalue weighted by molar-refractivity contribution is -0.144. The van der Waals surface area contributed by atoms with Gasteiger partial charge in [0.05, 0.1) is 12.1 Å². The molecule has 0 aliphatic heterocycles. The van der Waals surface area contributed by atoms with Gasteiger partial charge in [0.25, 0.3) is 5.89 Å². The van der Waals surface area contributed by atoms with Gasteiger partial charge in [-0.1, -0.05) is 16.8 Å². The van der Waals surface area contributed by atoms with Crippen LogP contribution in [0.3, 0.4) is 0 Å². The summed E-state index contributed by atoms with van der Waals surface area (Å²) in [5, 5.41) is 7.13. The van der Waals surface area contributed by atoms with Crippen LogP contribution in [-0.4, -0.2) is 26.1 Å². The molecule has 0 unspecified atom stereocenters. The van der Waals surface area contributed by atoms with E-state index in [1.54, 1.807) is 36.7 Å². The molecule has 0 spiro atoms. The highest BCUT2D eigenvalue weighted by Crippen LogP contribution is 2.23. The van der Waals surface area contributed by atoms with Crippen LogP contribution in [0.25, 0.3) is 22.0 Å². The van der Waals surface area contributed by atoms with E-state index in [4.69, 9.17) is 20.9 Å². The van der Waals surface area contributed by atoms with Crippen LogP contribution in [0.2, 0.25) is 5.02 Å². The summed E-state index contributed by atoms with van der Waals surface area (Å²) >= 11 is 7.31. The topological polar surface area (TPSA) is 91.0 Å². The zero-order valence-electron chi connectivity index (χ0n) is 14.4. The lowest BCUT2D eigenvalue weighted by atomic mass is 10.2. The minimum Gasteiger partial charge on any atom is -0.455 e. The van der Waals surface area contributed by atoms with E-state index in [0.717, 1.165) is 16.1 Å². The summed E-state index contributed by atoms with van der Waals surface area (Å²) in [5.41, 5.74) is 2.31. The zero-order valence-corrected chi connectivity index (χ0v) is 16.0. The number of pyridine rings is 1. The molecule has 0 aliphatic carbocycles. The minimum absolute atomic E-state index is 0.0644. The van der Waals surface area contributed by atoms with Crippen molar-refractivity contribution in [1.82, 2.24) is 20.1 Å². The van der Waals surface area contributed by atoms with Crippen LogP contribution in [-0.2, 0) is 22.6 Å². The molecule has 0 N–H and O–H groups in total. The number of halogens is 1. The highest BCUT2D eigenvalue weighted by Gasteiger charge is 2.13. The maximum absolute atomic E-state index is 12.1. The molecule has 4 rings (SSSR count). The monoisotopic (exact) mass is 412 g/mol. The average Bonchev–Trinajstić information content (AvgIpc) is 3.37. The standard InChI is InChI=1S/C19H13ClN4O3S/c20-14-5-3-12(4-6-14)18-23-16(27-24-18)10-26-17(25)8-15-11-28-19(22-15)13-2-1-7-21-9-13/h1-7,9,11H,8,10H2. The van der Waals surface area contributed by atoms with E-state index in [2.05, 4.69) is 20.1 Å². The number of thiazole rings is 1. The molecule has 3 aromatic heterocycles. The molecular weight excluding hydrogens is 400 g/mol. The van der Waals surface area contributed by atoms with Gasteiger partial charge < -0.3 is 9.26 Å². The molecule has 0 aliphatic rings. The third kappa shape index (κ3) is 4.41. The number of nitrogens with zero attached hydrogens (tertiary/aromatic N) is 4. The first-order chi connectivity index (χ1) is 13.7. The largest absolute Gasteiger partial charge is 0.455 e. The third-order valence-corrected chi connectivity index (χ3v) is 4.90. The first kappa shape index (κ1) is 18.3. The Hall–Kier alpha value is -3.10. The van der Waals surface area contributed by atoms with Crippen LogP contribution in [0.5, 0.6) is 0 Å². The summed E-state index contributed by atoms with van der Waals surface area (Å²) in [4.78, 5) is 24.8. The molecular formula is C19H13ClN4O3S. The minimum atomic E-state index is -0.422. The summed E-state index contributed by atoms with van der Waals surface area (Å²) in [6.45, 7) is -0.0982. The highest BCUT2D eigenvalue weighted by atomic mass is 35.5. The Morgan fingerprint density at radius 2 is 2.00 bits per heavy atom. The Kier molecular flexibility index (Phi) is 5.41. The summed E-state index contributed by atoms with van der Waals surface area (Å²) in [6, 6.07) is 10.8. The van der Waals surface area contributed by atoms with E-state index in [-0.39, 0.29) is 18.9 Å². The SMILES string of the molecule is O=C(Cc1csc(-c2cccnc2)n1)OCc1nc(-c2ccc(Cl)cc2)no1. The van der Waals surface area contributed by atoms with Gasteiger partial charge in [-0.2, -0.15) is 4.98 Å². The van der Waals surface area contributed by atoms with Crippen LogP contribution >= 0.6 is 22.9 Å². The number of rotatable bonds is 6. The van der Waals surface area contributed by atoms with E-state index < -0.39 is 5.97 Å². The number of ether oxygens (including phenoxy) is 1. The fourth-order valence-electron chi connectivity index (χ4n) is 2.38. The highest BCUT2D eigenvalue weighted by molar-refractivity contribution is 7.13. The van der Waals surface area contributed by atoms with Gasteiger partial charge in [0.2, 0.25) is 5.82 Å². The lowest BCUT2D eigenvalue weighted by Gasteiger charge is -1.99. The number of carbonyl (C=O) groups is 1. The number of carbonyl (C=O) groups excluding carboxylic acids is 1. The van der Waals surface area contributed by atoms with Crippen molar-refractivity contribution in [1.29, 1.82) is 0 Å². The Balaban J connectivity index is 1.33. The molecule has 28 heavy (non-hydrogen) atoms. The van der Waals surface area contributed by atoms with E-state index in [1.165, 1.54) is 11.3 Å². The van der Waals surface area contributed by atoms with Gasteiger partial charge in [-0.05, 0) is 36.4 Å². The van der Waals surface area contributed by atoms with E-state index in [1.807, 2.05) is 17.5 Å². The van der Waals surface area contributed by atoms with E-state index in [9.17, 15) is 4.79 Å². The van der Waals surface area contributed by atoms with Gasteiger partial charge in [0, 0.05) is 33.9 Å². The normalized spacial score (nSPS) is 10.8. The number of hydrogen-bond acceptors (Lipinski definition) is 8. The van der Waals surface area contributed by atoms with Crippen molar-refractivity contribution in [2.75, 3.05) is 0 Å². The summed E-state index contributed by atoms with van der Waals surface area (Å²) in [6.07, 6.45) is 3.50. The molecule has 0 atom stereocenters. The maximum atomic E-state index is 12.1. The van der Waals surface area contributed by atoms with Gasteiger partial charge in [0.1, 0.15) is 5.01 Å². The van der Waals surface area contributed by atoms with Crippen LogP contribution in [0.15, 0.2) is 58.7 Å². The number of aromatic nitrogens is 4. The van der Waals surface area contributed by atoms with Gasteiger partial charge in [-0.25, -0.2) is 4.98 Å². The molecule has 140 valence electrons. The fourth-order valence-corrected chi connectivity index (χ4v) is 3.32. The second-order valence-electron chi connectivity index (χ2n) is 5.74. The lowest BCUT2D eigenvalue weighted by Crippen LogP contribution is -2.08. The van der Waals surface area contributed by atoms with Crippen molar-refractivity contribution in [2.45, 2.75) is 13.0 Å². The predicted molar refractivity (Wildman–Crippen MR) is 104 cm³/mol. The Morgan fingerprint density at radius 1 is 1.14 bits per heavy atom. The van der Waals surface area contributed by atoms with Crippen molar-refractivity contribution >= 4 is 28.9 Å². The Morgan fingerprint density at radius 3 is 2.79 bits per heavy atom. The van der Waals surface area contributed by atoms with Crippen molar-refractivity contribution in [3.05, 3.63) is 70.8 Å². The van der Waals surface area contributed by atoms with Gasteiger partial charge >= 0.3 is 5.97 Å². The number of benzene rings is 1. The van der Waals surface area contributed by atoms with Crippen LogP contribution < -0.4 is 0 Å². The molecule has 9 heteroatoms. The van der Waals surface area contributed by atoms with Crippen molar-refractivity contribution in [3.8, 4) is 22.0 Å². The smallest absolute Gasteiger partial charge is 0.312 e. The second-order valence-corrected chi connectivity index (χ2v) is 7.04. The van der Waals surface area contributed by atoms with Crippen molar-refractivity contribution in [3.63, 3.8) is 0 Å². The summed E-state index contributed by atoms with van der Waals surface area (Å²) < 4.78 is 10.3. The Labute approximate surface area is 169 Å². The molecule has 4 aromatic rings. The molecule has 0 saturated carbocycles. The van der Waals surface area contributed by atoms with E-state index >= 15 is 0 Å². The predicted octanol–water partition coefficient (Wildman–Crippen LogP) is 4.19. The maximum Gasteiger partial charge on any atom is 0.312 e. The van der Waals surface area contributed by atoms with Crippen LogP contribution in [0.1, 0.15) is 11.6 Å². The first-order valence-corrected chi connectivity index (χ1v) is 9.52. The summed E-state index contributed by atoms with van der Waals surface area (Å²) in [5.74, 6) is 0.199. The van der Waals surface area contributed by atoms with Crippen LogP contribution in [0, 0.1) is 0 Å². The molecule has 7 nitrogen and oxygen atoms in total.